The summed E-state index contributed by atoms with van der Waals surface area (Å²) in [5, 5.41) is 8.09. The highest BCUT2D eigenvalue weighted by Gasteiger charge is 2.07. The number of ether oxygens (including phenoxy) is 1. The molecule has 12 heavy (non-hydrogen) atoms. The predicted octanol–water partition coefficient (Wildman–Crippen LogP) is 0.157. The van der Waals surface area contributed by atoms with E-state index in [2.05, 4.69) is 14.7 Å². The number of rotatable bonds is 2. The first-order chi connectivity index (χ1) is 5.84. The molecule has 0 saturated carbocycles. The van der Waals surface area contributed by atoms with Crippen LogP contribution in [0.1, 0.15) is 10.6 Å². The lowest BCUT2D eigenvalue weighted by Crippen LogP contribution is -2.09. The van der Waals surface area contributed by atoms with Crippen molar-refractivity contribution in [3.05, 3.63) is 24.3 Å². The van der Waals surface area contributed by atoms with Crippen LogP contribution in [0.5, 0.6) is 0 Å². The third-order valence-corrected chi connectivity index (χ3v) is 1.02. The molecule has 0 bridgehead atoms. The Morgan fingerprint density at radius 3 is 2.83 bits per heavy atom. The van der Waals surface area contributed by atoms with Gasteiger partial charge in [-0.15, -0.1) is 0 Å². The first kappa shape index (κ1) is 8.14. The summed E-state index contributed by atoms with van der Waals surface area (Å²) in [6.45, 7) is -0.281. The van der Waals surface area contributed by atoms with Gasteiger partial charge in [-0.25, -0.2) is 14.8 Å². The van der Waals surface area contributed by atoms with Crippen molar-refractivity contribution in [2.24, 2.45) is 0 Å². The van der Waals surface area contributed by atoms with Crippen LogP contribution in [0, 0.1) is 11.3 Å². The van der Waals surface area contributed by atoms with Crippen molar-refractivity contribution in [2.45, 2.75) is 0 Å². The molecule has 1 aromatic heterocycles. The number of carbonyl (C=O) groups excluding carboxylic acids is 1. The quantitative estimate of drug-likeness (QED) is 0.580. The summed E-state index contributed by atoms with van der Waals surface area (Å²) < 4.78 is 4.45. The molecule has 0 N–H and O–H groups in total. The number of hydrogen-bond donors (Lipinski definition) is 0. The van der Waals surface area contributed by atoms with Crippen molar-refractivity contribution in [1.82, 2.24) is 9.97 Å². The smallest absolute Gasteiger partial charge is 0.377 e. The van der Waals surface area contributed by atoms with Crippen LogP contribution < -0.4 is 0 Å². The molecule has 0 spiro atoms. The average Bonchev–Trinajstić information content (AvgIpc) is 2.15. The Kier molecular flexibility index (Phi) is 2.73. The highest BCUT2D eigenvalue weighted by atomic mass is 16.5. The summed E-state index contributed by atoms with van der Waals surface area (Å²) in [6, 6.07) is 3.25. The Hall–Kier alpha value is -1.96. The predicted molar refractivity (Wildman–Crippen MR) is 37.9 cm³/mol. The van der Waals surface area contributed by atoms with Gasteiger partial charge in [0, 0.05) is 12.4 Å². The molecule has 1 rings (SSSR count). The number of nitrogens with zero attached hydrogens (tertiary/aromatic N) is 3. The summed E-state index contributed by atoms with van der Waals surface area (Å²) >= 11 is 0. The van der Waals surface area contributed by atoms with Crippen molar-refractivity contribution >= 4 is 5.97 Å². The lowest BCUT2D eigenvalue weighted by Gasteiger charge is -1.96. The fraction of sp³-hybridized carbons (Fsp3) is 0.143. The monoisotopic (exact) mass is 163 g/mol. The summed E-state index contributed by atoms with van der Waals surface area (Å²) in [7, 11) is 0. The fourth-order valence-electron chi connectivity index (χ4n) is 0.567. The Labute approximate surface area is 68.6 Å². The maximum Gasteiger partial charge on any atom is 0.377 e. The first-order valence-electron chi connectivity index (χ1n) is 3.15. The van der Waals surface area contributed by atoms with E-state index in [1.54, 1.807) is 12.1 Å². The molecular formula is C7H5N3O2. The van der Waals surface area contributed by atoms with Crippen LogP contribution in [-0.2, 0) is 4.74 Å². The molecule has 5 nitrogen and oxygen atoms in total. The fourth-order valence-corrected chi connectivity index (χ4v) is 0.567. The van der Waals surface area contributed by atoms with E-state index in [1.807, 2.05) is 0 Å². The van der Waals surface area contributed by atoms with E-state index in [1.165, 1.54) is 12.4 Å². The first-order valence-corrected chi connectivity index (χ1v) is 3.15. The van der Waals surface area contributed by atoms with Crippen LogP contribution in [0.15, 0.2) is 18.5 Å². The maximum atomic E-state index is 10.9. The summed E-state index contributed by atoms with van der Waals surface area (Å²) in [5.41, 5.74) is 0. The zero-order valence-electron chi connectivity index (χ0n) is 6.10. The van der Waals surface area contributed by atoms with E-state index in [0.717, 1.165) is 0 Å². The summed E-state index contributed by atoms with van der Waals surface area (Å²) in [5.74, 6) is -0.718. The highest BCUT2D eigenvalue weighted by molar-refractivity contribution is 5.84. The third-order valence-electron chi connectivity index (χ3n) is 1.02. The van der Waals surface area contributed by atoms with Crippen LogP contribution in [-0.4, -0.2) is 22.5 Å². The third kappa shape index (κ3) is 2.02. The minimum Gasteiger partial charge on any atom is -0.444 e. The highest BCUT2D eigenvalue weighted by Crippen LogP contribution is 1.90. The molecule has 0 saturated heterocycles. The van der Waals surface area contributed by atoms with Crippen molar-refractivity contribution in [1.29, 1.82) is 5.26 Å². The zero-order chi connectivity index (χ0) is 8.81. The standard InChI is InChI=1S/C7H5N3O2/c8-2-5-12-7(11)6-9-3-1-4-10-6/h1,3-4H,5H2. The molecule has 0 fully saturated rings. The minimum absolute atomic E-state index is 0.0345. The van der Waals surface area contributed by atoms with Gasteiger partial charge in [-0.3, -0.25) is 0 Å². The van der Waals surface area contributed by atoms with Crippen molar-refractivity contribution in [2.75, 3.05) is 6.61 Å². The van der Waals surface area contributed by atoms with Crippen LogP contribution in [0.4, 0.5) is 0 Å². The molecule has 0 atom stereocenters. The second-order valence-electron chi connectivity index (χ2n) is 1.81. The summed E-state index contributed by atoms with van der Waals surface area (Å²) in [4.78, 5) is 18.2. The van der Waals surface area contributed by atoms with Gasteiger partial charge in [0.05, 0.1) is 0 Å². The molecule has 0 aliphatic rings. The normalized spacial score (nSPS) is 8.58. The SMILES string of the molecule is N#CCOC(=O)c1ncccn1. The Morgan fingerprint density at radius 1 is 1.58 bits per heavy atom. The topological polar surface area (TPSA) is 75.9 Å². The average molecular weight is 163 g/mol. The van der Waals surface area contributed by atoms with Gasteiger partial charge in [0.25, 0.3) is 0 Å². The van der Waals surface area contributed by atoms with Gasteiger partial charge in [0.1, 0.15) is 6.07 Å². The molecule has 0 aliphatic carbocycles. The van der Waals surface area contributed by atoms with Crippen LogP contribution >= 0.6 is 0 Å². The van der Waals surface area contributed by atoms with Crippen molar-refractivity contribution in [3.63, 3.8) is 0 Å². The molecule has 5 heteroatoms. The number of nitriles is 1. The van der Waals surface area contributed by atoms with Crippen LogP contribution in [0.3, 0.4) is 0 Å². The molecule has 1 heterocycles. The van der Waals surface area contributed by atoms with Gasteiger partial charge in [-0.05, 0) is 6.07 Å². The van der Waals surface area contributed by atoms with E-state index in [0.29, 0.717) is 0 Å². The second kappa shape index (κ2) is 4.03. The minimum atomic E-state index is -0.683. The Morgan fingerprint density at radius 2 is 2.25 bits per heavy atom. The van der Waals surface area contributed by atoms with E-state index in [4.69, 9.17) is 5.26 Å². The van der Waals surface area contributed by atoms with Crippen LogP contribution in [0.2, 0.25) is 0 Å². The van der Waals surface area contributed by atoms with E-state index < -0.39 is 5.97 Å². The molecule has 1 aromatic rings. The molecule has 0 unspecified atom stereocenters. The van der Waals surface area contributed by atoms with Crippen molar-refractivity contribution < 1.29 is 9.53 Å². The number of esters is 1. The summed E-state index contributed by atoms with van der Waals surface area (Å²) in [6.07, 6.45) is 2.85. The van der Waals surface area contributed by atoms with Gasteiger partial charge >= 0.3 is 5.97 Å². The van der Waals surface area contributed by atoms with Gasteiger partial charge < -0.3 is 4.74 Å². The Balaban J connectivity index is 2.61. The van der Waals surface area contributed by atoms with Crippen molar-refractivity contribution in [3.8, 4) is 6.07 Å². The van der Waals surface area contributed by atoms with Gasteiger partial charge in [-0.1, -0.05) is 0 Å². The number of aromatic nitrogens is 2. The van der Waals surface area contributed by atoms with Gasteiger partial charge in [0.2, 0.25) is 5.82 Å². The van der Waals surface area contributed by atoms with Crippen LogP contribution in [0.25, 0.3) is 0 Å². The lowest BCUT2D eigenvalue weighted by atomic mass is 10.5. The van der Waals surface area contributed by atoms with E-state index >= 15 is 0 Å². The maximum absolute atomic E-state index is 10.9. The molecular weight excluding hydrogens is 158 g/mol. The van der Waals surface area contributed by atoms with Gasteiger partial charge in [-0.2, -0.15) is 5.26 Å². The second-order valence-corrected chi connectivity index (χ2v) is 1.81. The van der Waals surface area contributed by atoms with Gasteiger partial charge in [0.15, 0.2) is 6.61 Å². The molecule has 60 valence electrons. The Bertz CT molecular complexity index is 304. The molecule has 0 aromatic carbocycles. The number of hydrogen-bond acceptors (Lipinski definition) is 5. The lowest BCUT2D eigenvalue weighted by molar-refractivity contribution is 0.0540. The number of carbonyl (C=O) groups is 1. The zero-order valence-corrected chi connectivity index (χ0v) is 6.10. The van der Waals surface area contributed by atoms with E-state index in [9.17, 15) is 4.79 Å². The molecule has 0 aliphatic heterocycles. The van der Waals surface area contributed by atoms with E-state index in [-0.39, 0.29) is 12.4 Å². The molecule has 0 amide bonds. The molecule has 0 radical (unpaired) electrons. The largest absolute Gasteiger partial charge is 0.444 e.